The fourth-order valence-electron chi connectivity index (χ4n) is 2.90. The Morgan fingerprint density at radius 3 is 2.62 bits per heavy atom. The first kappa shape index (κ1) is 18.0. The van der Waals surface area contributed by atoms with E-state index in [0.29, 0.717) is 18.7 Å². The van der Waals surface area contributed by atoms with E-state index in [1.54, 1.807) is 7.11 Å². The van der Waals surface area contributed by atoms with Crippen LogP contribution in [0.4, 0.5) is 5.69 Å². The minimum Gasteiger partial charge on any atom is -0.497 e. The molecule has 0 saturated heterocycles. The number of fused-ring (bicyclic) bond motifs is 1. The SMILES string of the molecule is CCCN(CCC)C(=O)CC1=Cc2cc(OC)ccc2N=C(N)C1. The molecule has 0 spiro atoms. The maximum Gasteiger partial charge on any atom is 0.226 e. The predicted octanol–water partition coefficient (Wildman–Crippen LogP) is 3.51. The van der Waals surface area contributed by atoms with Gasteiger partial charge in [0.15, 0.2) is 0 Å². The third-order valence-corrected chi connectivity index (χ3v) is 3.98. The first-order chi connectivity index (χ1) is 11.6. The molecule has 0 fully saturated rings. The summed E-state index contributed by atoms with van der Waals surface area (Å²) < 4.78 is 5.28. The normalized spacial score (nSPS) is 13.5. The highest BCUT2D eigenvalue weighted by atomic mass is 16.5. The molecular formula is C19H27N3O2. The van der Waals surface area contributed by atoms with Gasteiger partial charge < -0.3 is 15.4 Å². The average molecular weight is 329 g/mol. The van der Waals surface area contributed by atoms with Crippen molar-refractivity contribution in [3.05, 3.63) is 29.3 Å². The van der Waals surface area contributed by atoms with E-state index >= 15 is 0 Å². The highest BCUT2D eigenvalue weighted by Crippen LogP contribution is 2.30. The topological polar surface area (TPSA) is 67.9 Å². The van der Waals surface area contributed by atoms with E-state index in [4.69, 9.17) is 10.5 Å². The Bertz CT molecular complexity index is 644. The van der Waals surface area contributed by atoms with Gasteiger partial charge >= 0.3 is 0 Å². The first-order valence-corrected chi connectivity index (χ1v) is 8.55. The number of benzene rings is 1. The average Bonchev–Trinajstić information content (AvgIpc) is 2.71. The predicted molar refractivity (Wildman–Crippen MR) is 98.6 cm³/mol. The zero-order valence-electron chi connectivity index (χ0n) is 14.8. The Kier molecular flexibility index (Phi) is 6.41. The van der Waals surface area contributed by atoms with E-state index < -0.39 is 0 Å². The number of amidine groups is 1. The van der Waals surface area contributed by atoms with Crippen LogP contribution >= 0.6 is 0 Å². The molecule has 24 heavy (non-hydrogen) atoms. The van der Waals surface area contributed by atoms with E-state index in [0.717, 1.165) is 48.5 Å². The van der Waals surface area contributed by atoms with Crippen molar-refractivity contribution in [2.75, 3.05) is 20.2 Å². The second kappa shape index (κ2) is 8.52. The van der Waals surface area contributed by atoms with Gasteiger partial charge in [-0.1, -0.05) is 25.5 Å². The van der Waals surface area contributed by atoms with E-state index in [1.165, 1.54) is 0 Å². The van der Waals surface area contributed by atoms with Crippen molar-refractivity contribution < 1.29 is 9.53 Å². The fourth-order valence-corrected chi connectivity index (χ4v) is 2.90. The van der Waals surface area contributed by atoms with Crippen LogP contribution in [0.2, 0.25) is 0 Å². The molecule has 1 aliphatic heterocycles. The summed E-state index contributed by atoms with van der Waals surface area (Å²) in [7, 11) is 1.64. The van der Waals surface area contributed by atoms with Gasteiger partial charge in [0, 0.05) is 31.5 Å². The molecule has 0 unspecified atom stereocenters. The molecule has 0 aromatic heterocycles. The van der Waals surface area contributed by atoms with Crippen LogP contribution in [0.25, 0.3) is 6.08 Å². The second-order valence-corrected chi connectivity index (χ2v) is 6.06. The molecule has 1 aliphatic rings. The molecule has 0 saturated carbocycles. The summed E-state index contributed by atoms with van der Waals surface area (Å²) in [5.74, 6) is 1.46. The van der Waals surface area contributed by atoms with Gasteiger partial charge in [0.1, 0.15) is 11.6 Å². The molecule has 1 aromatic carbocycles. The van der Waals surface area contributed by atoms with Gasteiger partial charge in [-0.2, -0.15) is 0 Å². The largest absolute Gasteiger partial charge is 0.497 e. The fraction of sp³-hybridized carbons (Fsp3) is 0.474. The molecule has 0 atom stereocenters. The zero-order valence-corrected chi connectivity index (χ0v) is 14.8. The molecule has 1 heterocycles. The molecular weight excluding hydrogens is 302 g/mol. The quantitative estimate of drug-likeness (QED) is 0.832. The summed E-state index contributed by atoms with van der Waals surface area (Å²) in [6.45, 7) is 5.78. The Balaban J connectivity index is 2.24. The number of aliphatic imine (C=N–C) groups is 1. The summed E-state index contributed by atoms with van der Waals surface area (Å²) in [6.07, 6.45) is 4.86. The van der Waals surface area contributed by atoms with Crippen LogP contribution < -0.4 is 10.5 Å². The lowest BCUT2D eigenvalue weighted by Gasteiger charge is -2.22. The summed E-state index contributed by atoms with van der Waals surface area (Å²) in [6, 6.07) is 5.68. The lowest BCUT2D eigenvalue weighted by atomic mass is 10.0. The minimum absolute atomic E-state index is 0.157. The zero-order chi connectivity index (χ0) is 17.5. The number of carbonyl (C=O) groups is 1. The molecule has 130 valence electrons. The van der Waals surface area contributed by atoms with Crippen LogP contribution in [-0.4, -0.2) is 36.8 Å². The van der Waals surface area contributed by atoms with Crippen LogP contribution in [0.3, 0.4) is 0 Å². The number of methoxy groups -OCH3 is 1. The Hall–Kier alpha value is -2.30. The van der Waals surface area contributed by atoms with Crippen molar-refractivity contribution in [3.63, 3.8) is 0 Å². The Labute approximate surface area is 144 Å². The highest BCUT2D eigenvalue weighted by Gasteiger charge is 2.17. The lowest BCUT2D eigenvalue weighted by Crippen LogP contribution is -2.32. The molecule has 5 heteroatoms. The van der Waals surface area contributed by atoms with Crippen molar-refractivity contribution in [3.8, 4) is 5.75 Å². The number of carbonyl (C=O) groups excluding carboxylic acids is 1. The number of amides is 1. The third-order valence-electron chi connectivity index (χ3n) is 3.98. The smallest absolute Gasteiger partial charge is 0.226 e. The van der Waals surface area contributed by atoms with Crippen molar-refractivity contribution in [1.82, 2.24) is 4.90 Å². The van der Waals surface area contributed by atoms with Crippen LogP contribution in [0.5, 0.6) is 5.75 Å². The van der Waals surface area contributed by atoms with Gasteiger partial charge in [0.2, 0.25) is 5.91 Å². The number of hydrogen-bond acceptors (Lipinski definition) is 4. The Morgan fingerprint density at radius 1 is 1.29 bits per heavy atom. The molecule has 2 rings (SSSR count). The van der Waals surface area contributed by atoms with E-state index in [-0.39, 0.29) is 5.91 Å². The lowest BCUT2D eigenvalue weighted by molar-refractivity contribution is -0.130. The number of nitrogens with two attached hydrogens (primary N) is 1. The third kappa shape index (κ3) is 4.60. The Morgan fingerprint density at radius 2 is 2.00 bits per heavy atom. The maximum atomic E-state index is 12.6. The summed E-state index contributed by atoms with van der Waals surface area (Å²) in [5.41, 5.74) is 8.78. The van der Waals surface area contributed by atoms with Gasteiger partial charge in [0.25, 0.3) is 0 Å². The van der Waals surface area contributed by atoms with Crippen molar-refractivity contribution in [1.29, 1.82) is 0 Å². The summed E-state index contributed by atoms with van der Waals surface area (Å²) in [4.78, 5) is 19.0. The molecule has 1 aromatic rings. The molecule has 0 radical (unpaired) electrons. The molecule has 0 bridgehead atoms. The number of hydrogen-bond donors (Lipinski definition) is 1. The van der Waals surface area contributed by atoms with Crippen LogP contribution in [-0.2, 0) is 4.79 Å². The van der Waals surface area contributed by atoms with Crippen molar-refractivity contribution >= 4 is 23.5 Å². The molecule has 1 amide bonds. The standard InChI is InChI=1S/C19H27N3O2/c1-4-8-22(9-5-2)19(23)12-14-10-15-13-16(24-3)6-7-17(15)21-18(20)11-14/h6-7,10,13H,4-5,8-9,11-12H2,1-3H3,(H2,20,21). The van der Waals surface area contributed by atoms with Crippen molar-refractivity contribution in [2.24, 2.45) is 10.7 Å². The van der Waals surface area contributed by atoms with E-state index in [1.807, 2.05) is 29.2 Å². The highest BCUT2D eigenvalue weighted by molar-refractivity contribution is 5.92. The first-order valence-electron chi connectivity index (χ1n) is 8.55. The number of rotatable bonds is 7. The monoisotopic (exact) mass is 329 g/mol. The van der Waals surface area contributed by atoms with Gasteiger partial charge in [-0.3, -0.25) is 4.79 Å². The summed E-state index contributed by atoms with van der Waals surface area (Å²) >= 11 is 0. The molecule has 5 nitrogen and oxygen atoms in total. The van der Waals surface area contributed by atoms with E-state index in [9.17, 15) is 4.79 Å². The van der Waals surface area contributed by atoms with Gasteiger partial charge in [-0.05, 0) is 31.0 Å². The summed E-state index contributed by atoms with van der Waals surface area (Å²) in [5, 5.41) is 0. The molecule has 2 N–H and O–H groups in total. The number of nitrogens with zero attached hydrogens (tertiary/aromatic N) is 2. The van der Waals surface area contributed by atoms with Gasteiger partial charge in [-0.15, -0.1) is 0 Å². The second-order valence-electron chi connectivity index (χ2n) is 6.06. The minimum atomic E-state index is 0.157. The van der Waals surface area contributed by atoms with Gasteiger partial charge in [-0.25, -0.2) is 4.99 Å². The molecule has 0 aliphatic carbocycles. The maximum absolute atomic E-state index is 12.6. The van der Waals surface area contributed by atoms with Gasteiger partial charge in [0.05, 0.1) is 12.8 Å². The van der Waals surface area contributed by atoms with E-state index in [2.05, 4.69) is 18.8 Å². The number of ether oxygens (including phenoxy) is 1. The van der Waals surface area contributed by atoms with Crippen molar-refractivity contribution in [2.45, 2.75) is 39.5 Å². The van der Waals surface area contributed by atoms with Crippen LogP contribution in [0.1, 0.15) is 45.1 Å². The van der Waals surface area contributed by atoms with Crippen LogP contribution in [0, 0.1) is 0 Å². The van der Waals surface area contributed by atoms with Crippen LogP contribution in [0.15, 0.2) is 28.8 Å².